The van der Waals surface area contributed by atoms with E-state index in [9.17, 15) is 4.79 Å². The third-order valence-corrected chi connectivity index (χ3v) is 4.60. The molecule has 0 saturated carbocycles. The van der Waals surface area contributed by atoms with Gasteiger partial charge in [-0.2, -0.15) is 5.10 Å². The number of aromatic nitrogens is 3. The number of pyridine rings is 1. The Morgan fingerprint density at radius 3 is 2.22 bits per heavy atom. The molecule has 3 aromatic rings. The first-order valence-corrected chi connectivity index (χ1v) is 11.5. The normalized spacial score (nSPS) is 9.81. The van der Waals surface area contributed by atoms with E-state index in [-0.39, 0.29) is 17.7 Å². The molecule has 0 unspecified atom stereocenters. The highest BCUT2D eigenvalue weighted by Crippen LogP contribution is 2.34. The summed E-state index contributed by atoms with van der Waals surface area (Å²) in [4.78, 5) is 15.8. The lowest BCUT2D eigenvalue weighted by molar-refractivity contribution is -0.117. The molecule has 3 rings (SSSR count). The van der Waals surface area contributed by atoms with Gasteiger partial charge in [-0.3, -0.25) is 14.5 Å². The molecule has 0 saturated heterocycles. The summed E-state index contributed by atoms with van der Waals surface area (Å²) in [6, 6.07) is 12.3. The largest absolute Gasteiger partial charge is 0.495 e. The van der Waals surface area contributed by atoms with E-state index in [2.05, 4.69) is 42.1 Å². The van der Waals surface area contributed by atoms with Crippen LogP contribution in [0.3, 0.4) is 0 Å². The topological polar surface area (TPSA) is 57.0 Å². The first-order valence-electron chi connectivity index (χ1n) is 11.5. The van der Waals surface area contributed by atoms with Crippen molar-refractivity contribution < 1.29 is 9.53 Å². The first-order chi connectivity index (χ1) is 15.4. The summed E-state index contributed by atoms with van der Waals surface area (Å²) >= 11 is 0. The zero-order chi connectivity index (χ0) is 24.7. The van der Waals surface area contributed by atoms with E-state index in [0.29, 0.717) is 0 Å². The van der Waals surface area contributed by atoms with Gasteiger partial charge in [0.1, 0.15) is 5.75 Å². The predicted octanol–water partition coefficient (Wildman–Crippen LogP) is 6.95. The Morgan fingerprint density at radius 1 is 0.969 bits per heavy atom. The van der Waals surface area contributed by atoms with Crippen molar-refractivity contribution in [3.8, 4) is 16.9 Å². The van der Waals surface area contributed by atoms with Gasteiger partial charge in [-0.1, -0.05) is 79.7 Å². The third kappa shape index (κ3) is 7.63. The maximum atomic E-state index is 11.5. The van der Waals surface area contributed by atoms with Crippen LogP contribution in [0.2, 0.25) is 0 Å². The van der Waals surface area contributed by atoms with Gasteiger partial charge in [0, 0.05) is 29.1 Å². The number of methoxy groups -OCH3 is 1. The molecule has 32 heavy (non-hydrogen) atoms. The van der Waals surface area contributed by atoms with E-state index in [1.807, 2.05) is 65.9 Å². The van der Waals surface area contributed by atoms with Gasteiger partial charge in [0.15, 0.2) is 5.78 Å². The minimum Gasteiger partial charge on any atom is -0.495 e. The molecule has 0 aliphatic heterocycles. The van der Waals surface area contributed by atoms with Crippen LogP contribution < -0.4 is 4.74 Å². The van der Waals surface area contributed by atoms with Crippen LogP contribution in [0.25, 0.3) is 11.1 Å². The van der Waals surface area contributed by atoms with Gasteiger partial charge in [-0.15, -0.1) is 0 Å². The molecule has 5 nitrogen and oxygen atoms in total. The Labute approximate surface area is 194 Å². The molecule has 0 bridgehead atoms. The maximum Gasteiger partial charge on any atom is 0.151 e. The van der Waals surface area contributed by atoms with E-state index < -0.39 is 0 Å². The summed E-state index contributed by atoms with van der Waals surface area (Å²) in [5.74, 6) is 0.814. The summed E-state index contributed by atoms with van der Waals surface area (Å²) in [5, 5.41) is 4.32. The fraction of sp³-hybridized carbons (Fsp3) is 0.444. The molecule has 2 aromatic heterocycles. The molecule has 0 aliphatic rings. The Balaban J connectivity index is 0.00000148. The number of ketones is 1. The van der Waals surface area contributed by atoms with Gasteiger partial charge in [0.05, 0.1) is 19.9 Å². The summed E-state index contributed by atoms with van der Waals surface area (Å²) in [5.41, 5.74) is 3.92. The fourth-order valence-electron chi connectivity index (χ4n) is 3.12. The van der Waals surface area contributed by atoms with Gasteiger partial charge in [0.2, 0.25) is 0 Å². The van der Waals surface area contributed by atoms with Crippen molar-refractivity contribution in [1.82, 2.24) is 14.8 Å². The molecular weight excluding hydrogens is 398 g/mol. The molecule has 0 atom stereocenters. The molecule has 1 aromatic carbocycles. The number of rotatable bonds is 6. The molecular formula is C27H41N3O2. The van der Waals surface area contributed by atoms with E-state index in [1.165, 1.54) is 0 Å². The number of ether oxygens (including phenoxy) is 1. The second kappa shape index (κ2) is 15.0. The van der Waals surface area contributed by atoms with E-state index in [0.717, 1.165) is 28.1 Å². The molecule has 5 heteroatoms. The molecule has 0 radical (unpaired) electrons. The number of nitrogens with zero attached hydrogens (tertiary/aromatic N) is 3. The zero-order valence-corrected chi connectivity index (χ0v) is 21.6. The van der Waals surface area contributed by atoms with Crippen molar-refractivity contribution >= 4 is 5.78 Å². The van der Waals surface area contributed by atoms with Gasteiger partial charge in [0.25, 0.3) is 0 Å². The van der Waals surface area contributed by atoms with Crippen molar-refractivity contribution in [2.45, 2.75) is 74.3 Å². The summed E-state index contributed by atoms with van der Waals surface area (Å²) in [6.45, 7) is 18.1. The zero-order valence-electron chi connectivity index (χ0n) is 21.6. The van der Waals surface area contributed by atoms with Crippen LogP contribution >= 0.6 is 0 Å². The highest BCUT2D eigenvalue weighted by molar-refractivity contribution is 5.75. The smallest absolute Gasteiger partial charge is 0.151 e. The molecule has 2 heterocycles. The van der Waals surface area contributed by atoms with Gasteiger partial charge < -0.3 is 4.74 Å². The Morgan fingerprint density at radius 2 is 1.62 bits per heavy atom. The highest BCUT2D eigenvalue weighted by atomic mass is 16.5. The fourth-order valence-corrected chi connectivity index (χ4v) is 3.12. The number of carbonyl (C=O) groups is 1. The van der Waals surface area contributed by atoms with E-state index >= 15 is 0 Å². The standard InChI is InChI=1S/C21H23N3O2.3C2H6/c1-15(25)14-24-20(8-9-23-24)21(2,3)18-7-5-6-16(10-18)17-11-19(26-4)13-22-12-17;3*1-2/h5-13H,14H2,1-4H3;3*1-2H3. The second-order valence-corrected chi connectivity index (χ2v) is 6.90. The van der Waals surface area contributed by atoms with Crippen molar-refractivity contribution in [2.75, 3.05) is 7.11 Å². The number of hydrogen-bond acceptors (Lipinski definition) is 4. The van der Waals surface area contributed by atoms with Crippen LogP contribution in [0, 0.1) is 0 Å². The van der Waals surface area contributed by atoms with Crippen LogP contribution in [-0.4, -0.2) is 27.7 Å². The van der Waals surface area contributed by atoms with Crippen LogP contribution in [0.5, 0.6) is 5.75 Å². The monoisotopic (exact) mass is 439 g/mol. The average molecular weight is 440 g/mol. The summed E-state index contributed by atoms with van der Waals surface area (Å²) in [6.07, 6.45) is 5.27. The average Bonchev–Trinajstić information content (AvgIpc) is 3.31. The van der Waals surface area contributed by atoms with Crippen LogP contribution in [-0.2, 0) is 16.8 Å². The van der Waals surface area contributed by atoms with Crippen molar-refractivity contribution in [1.29, 1.82) is 0 Å². The Bertz CT molecular complexity index is 930. The lowest BCUT2D eigenvalue weighted by atomic mass is 9.80. The first kappa shape index (κ1) is 29.1. The van der Waals surface area contributed by atoms with Gasteiger partial charge >= 0.3 is 0 Å². The Hall–Kier alpha value is -2.95. The number of hydrogen-bond donors (Lipinski definition) is 0. The molecule has 0 N–H and O–H groups in total. The third-order valence-electron chi connectivity index (χ3n) is 4.60. The second-order valence-electron chi connectivity index (χ2n) is 6.90. The van der Waals surface area contributed by atoms with Crippen LogP contribution in [0.4, 0.5) is 0 Å². The quantitative estimate of drug-likeness (QED) is 0.417. The van der Waals surface area contributed by atoms with Gasteiger partial charge in [-0.05, 0) is 30.2 Å². The highest BCUT2D eigenvalue weighted by Gasteiger charge is 2.27. The van der Waals surface area contributed by atoms with Gasteiger partial charge in [-0.25, -0.2) is 0 Å². The van der Waals surface area contributed by atoms with Crippen molar-refractivity contribution in [3.63, 3.8) is 0 Å². The molecule has 0 spiro atoms. The maximum absolute atomic E-state index is 11.5. The van der Waals surface area contributed by atoms with Crippen LogP contribution in [0.15, 0.2) is 55.0 Å². The van der Waals surface area contributed by atoms with E-state index in [4.69, 9.17) is 4.74 Å². The number of carbonyl (C=O) groups excluding carboxylic acids is 1. The van der Waals surface area contributed by atoms with Crippen LogP contribution in [0.1, 0.15) is 73.6 Å². The molecule has 0 amide bonds. The SMILES string of the molecule is CC.CC.CC.COc1cncc(-c2cccc(C(C)(C)c3ccnn3CC(C)=O)c2)c1. The minimum atomic E-state index is -0.297. The van der Waals surface area contributed by atoms with E-state index in [1.54, 1.807) is 31.1 Å². The van der Waals surface area contributed by atoms with Crippen molar-refractivity contribution in [2.24, 2.45) is 0 Å². The lowest BCUT2D eigenvalue weighted by Gasteiger charge is -2.27. The lowest BCUT2D eigenvalue weighted by Crippen LogP contribution is -2.25. The molecule has 0 aliphatic carbocycles. The van der Waals surface area contributed by atoms with Crippen molar-refractivity contribution in [3.05, 3.63) is 66.2 Å². The molecule has 0 fully saturated rings. The molecule has 176 valence electrons. The predicted molar refractivity (Wildman–Crippen MR) is 135 cm³/mol. The summed E-state index contributed by atoms with van der Waals surface area (Å²) < 4.78 is 7.06. The summed E-state index contributed by atoms with van der Waals surface area (Å²) in [7, 11) is 1.64. The Kier molecular flexibility index (Phi) is 13.6. The number of benzene rings is 1. The minimum absolute atomic E-state index is 0.0851. The number of Topliss-reactive ketones (excluding diaryl/α,β-unsaturated/α-hetero) is 1.